The molecule has 2 unspecified atom stereocenters. The van der Waals surface area contributed by atoms with E-state index in [-0.39, 0.29) is 30.0 Å². The van der Waals surface area contributed by atoms with Crippen molar-refractivity contribution in [2.75, 3.05) is 38.5 Å². The van der Waals surface area contributed by atoms with Crippen LogP contribution in [0.25, 0.3) is 0 Å². The van der Waals surface area contributed by atoms with E-state index in [0.717, 1.165) is 4.90 Å². The molecule has 0 spiro atoms. The summed E-state index contributed by atoms with van der Waals surface area (Å²) in [6.07, 6.45) is -3.54. The molecule has 0 saturated carbocycles. The van der Waals surface area contributed by atoms with Gasteiger partial charge in [-0.15, -0.1) is 24.0 Å². The minimum absolute atomic E-state index is 0. The number of rotatable bonds is 7. The van der Waals surface area contributed by atoms with Crippen LogP contribution in [0.3, 0.4) is 0 Å². The zero-order valence-electron chi connectivity index (χ0n) is 15.2. The molecular formula is C17H26F3IN4OS. The van der Waals surface area contributed by atoms with Crippen molar-refractivity contribution in [3.05, 3.63) is 30.3 Å². The molecule has 1 aromatic carbocycles. The van der Waals surface area contributed by atoms with E-state index < -0.39 is 23.5 Å². The van der Waals surface area contributed by atoms with Gasteiger partial charge in [0, 0.05) is 36.3 Å². The topological polar surface area (TPSA) is 56.7 Å². The standard InChI is InChI=1S/C17H25F3N4OS.HI/c1-2-21-16(22-9-11-26(25)15-6-4-3-5-7-15)23-14-8-10-24(12-14)13-17(18,19)20;/h3-7,14H,2,8-13H2,1H3,(H2,21,22,23);1H. The number of halogens is 4. The highest BCUT2D eigenvalue weighted by Gasteiger charge is 2.34. The Morgan fingerprint density at radius 1 is 1.33 bits per heavy atom. The van der Waals surface area contributed by atoms with E-state index in [2.05, 4.69) is 15.6 Å². The van der Waals surface area contributed by atoms with Gasteiger partial charge in [-0.25, -0.2) is 0 Å². The second kappa shape index (κ2) is 11.8. The maximum Gasteiger partial charge on any atom is 0.401 e. The average molecular weight is 518 g/mol. The molecule has 1 heterocycles. The molecule has 1 aliphatic rings. The molecule has 0 radical (unpaired) electrons. The van der Waals surface area contributed by atoms with E-state index in [4.69, 9.17) is 0 Å². The molecule has 1 saturated heterocycles. The molecule has 1 aliphatic heterocycles. The van der Waals surface area contributed by atoms with E-state index in [9.17, 15) is 17.4 Å². The summed E-state index contributed by atoms with van der Waals surface area (Å²) in [4.78, 5) is 6.56. The summed E-state index contributed by atoms with van der Waals surface area (Å²) >= 11 is 0. The average Bonchev–Trinajstić information content (AvgIpc) is 3.00. The monoisotopic (exact) mass is 518 g/mol. The van der Waals surface area contributed by atoms with Crippen molar-refractivity contribution < 1.29 is 17.4 Å². The fraction of sp³-hybridized carbons (Fsp3) is 0.588. The molecule has 2 N–H and O–H groups in total. The van der Waals surface area contributed by atoms with Gasteiger partial charge in [-0.2, -0.15) is 13.2 Å². The van der Waals surface area contributed by atoms with Gasteiger partial charge < -0.3 is 10.6 Å². The number of hydrogen-bond donors (Lipinski definition) is 2. The molecule has 27 heavy (non-hydrogen) atoms. The van der Waals surface area contributed by atoms with E-state index >= 15 is 0 Å². The van der Waals surface area contributed by atoms with Crippen LogP contribution in [0.1, 0.15) is 13.3 Å². The molecule has 2 atom stereocenters. The Labute approximate surface area is 177 Å². The van der Waals surface area contributed by atoms with E-state index in [0.29, 0.717) is 44.3 Å². The van der Waals surface area contributed by atoms with Gasteiger partial charge in [0.15, 0.2) is 5.96 Å². The van der Waals surface area contributed by atoms with E-state index in [1.165, 1.54) is 4.90 Å². The van der Waals surface area contributed by atoms with Crippen LogP contribution >= 0.6 is 24.0 Å². The summed E-state index contributed by atoms with van der Waals surface area (Å²) in [7, 11) is -1.12. The Bertz CT molecular complexity index is 616. The third kappa shape index (κ3) is 9.24. The number of nitrogens with one attached hydrogen (secondary N) is 2. The van der Waals surface area contributed by atoms with Crippen molar-refractivity contribution >= 4 is 40.7 Å². The van der Waals surface area contributed by atoms with Gasteiger partial charge in [0.1, 0.15) is 0 Å². The highest BCUT2D eigenvalue weighted by Crippen LogP contribution is 2.19. The summed E-state index contributed by atoms with van der Waals surface area (Å²) in [5.74, 6) is 0.947. The lowest BCUT2D eigenvalue weighted by Crippen LogP contribution is -2.45. The highest BCUT2D eigenvalue weighted by molar-refractivity contribution is 14.0. The summed E-state index contributed by atoms with van der Waals surface area (Å²) in [6, 6.07) is 9.11. The lowest BCUT2D eigenvalue weighted by molar-refractivity contribution is -0.143. The number of guanidine groups is 1. The number of nitrogens with zero attached hydrogens (tertiary/aromatic N) is 2. The van der Waals surface area contributed by atoms with Gasteiger partial charge in [0.2, 0.25) is 0 Å². The van der Waals surface area contributed by atoms with Crippen molar-refractivity contribution in [1.29, 1.82) is 0 Å². The molecule has 154 valence electrons. The second-order valence-corrected chi connectivity index (χ2v) is 7.67. The quantitative estimate of drug-likeness (QED) is 0.331. The highest BCUT2D eigenvalue weighted by atomic mass is 127. The number of likely N-dealkylation sites (tertiary alicyclic amines) is 1. The Hall–Kier alpha value is -0.880. The van der Waals surface area contributed by atoms with E-state index in [1.807, 2.05) is 37.3 Å². The molecule has 1 aromatic rings. The van der Waals surface area contributed by atoms with Crippen LogP contribution in [0.2, 0.25) is 0 Å². The van der Waals surface area contributed by atoms with Crippen LogP contribution in [0.4, 0.5) is 13.2 Å². The molecule has 0 amide bonds. The lowest BCUT2D eigenvalue weighted by Gasteiger charge is -2.19. The van der Waals surface area contributed by atoms with Gasteiger partial charge in [-0.3, -0.25) is 14.1 Å². The second-order valence-electron chi connectivity index (χ2n) is 6.10. The molecule has 1 fully saturated rings. The van der Waals surface area contributed by atoms with Crippen LogP contribution in [0.5, 0.6) is 0 Å². The summed E-state index contributed by atoms with van der Waals surface area (Å²) < 4.78 is 49.6. The van der Waals surface area contributed by atoms with Crippen molar-refractivity contribution in [1.82, 2.24) is 15.5 Å². The van der Waals surface area contributed by atoms with Crippen molar-refractivity contribution in [2.24, 2.45) is 4.99 Å². The van der Waals surface area contributed by atoms with Crippen LogP contribution in [-0.4, -0.2) is 65.8 Å². The van der Waals surface area contributed by atoms with Crippen molar-refractivity contribution in [3.8, 4) is 0 Å². The number of alkyl halides is 3. The van der Waals surface area contributed by atoms with Crippen LogP contribution in [0.15, 0.2) is 40.2 Å². The van der Waals surface area contributed by atoms with Crippen LogP contribution in [-0.2, 0) is 10.8 Å². The third-order valence-corrected chi connectivity index (χ3v) is 5.26. The predicted octanol–water partition coefficient (Wildman–Crippen LogP) is 2.60. The number of hydrogen-bond acceptors (Lipinski definition) is 3. The van der Waals surface area contributed by atoms with Gasteiger partial charge in [0.25, 0.3) is 0 Å². The molecular weight excluding hydrogens is 492 g/mol. The maximum absolute atomic E-state index is 12.5. The van der Waals surface area contributed by atoms with Crippen molar-refractivity contribution in [3.63, 3.8) is 0 Å². The largest absolute Gasteiger partial charge is 0.401 e. The molecule has 0 bridgehead atoms. The summed E-state index contributed by atoms with van der Waals surface area (Å²) in [5, 5.41) is 6.26. The van der Waals surface area contributed by atoms with Crippen LogP contribution < -0.4 is 10.6 Å². The molecule has 10 heteroatoms. The number of aliphatic imine (C=N–C) groups is 1. The van der Waals surface area contributed by atoms with Gasteiger partial charge in [0.05, 0.1) is 23.9 Å². The summed E-state index contributed by atoms with van der Waals surface area (Å²) in [5.41, 5.74) is 0. The first-order valence-corrected chi connectivity index (χ1v) is 9.96. The minimum Gasteiger partial charge on any atom is -0.357 e. The molecule has 5 nitrogen and oxygen atoms in total. The summed E-state index contributed by atoms with van der Waals surface area (Å²) in [6.45, 7) is 2.80. The zero-order chi connectivity index (χ0) is 19.0. The van der Waals surface area contributed by atoms with E-state index in [1.54, 1.807) is 0 Å². The first-order chi connectivity index (χ1) is 12.4. The fourth-order valence-electron chi connectivity index (χ4n) is 2.79. The Balaban J connectivity index is 0.00000364. The Morgan fingerprint density at radius 3 is 2.67 bits per heavy atom. The lowest BCUT2D eigenvalue weighted by atomic mass is 10.3. The van der Waals surface area contributed by atoms with Gasteiger partial charge in [-0.05, 0) is 25.5 Å². The Morgan fingerprint density at radius 2 is 2.04 bits per heavy atom. The number of benzene rings is 1. The zero-order valence-corrected chi connectivity index (χ0v) is 18.3. The SMILES string of the molecule is CCNC(=NCCS(=O)c1ccccc1)NC1CCN(CC(F)(F)F)C1.I. The minimum atomic E-state index is -4.17. The van der Waals surface area contributed by atoms with Crippen LogP contribution in [0, 0.1) is 0 Å². The first kappa shape index (κ1) is 24.2. The van der Waals surface area contributed by atoms with Gasteiger partial charge in [-0.1, -0.05) is 18.2 Å². The normalized spacial score (nSPS) is 19.4. The predicted molar refractivity (Wildman–Crippen MR) is 113 cm³/mol. The smallest absolute Gasteiger partial charge is 0.357 e. The molecule has 0 aliphatic carbocycles. The first-order valence-electron chi connectivity index (χ1n) is 8.64. The van der Waals surface area contributed by atoms with Crippen molar-refractivity contribution in [2.45, 2.75) is 30.5 Å². The molecule has 0 aromatic heterocycles. The Kier molecular flexibility index (Phi) is 10.6. The third-order valence-electron chi connectivity index (χ3n) is 3.91. The van der Waals surface area contributed by atoms with Gasteiger partial charge >= 0.3 is 6.18 Å². The maximum atomic E-state index is 12.5. The fourth-order valence-corrected chi connectivity index (χ4v) is 3.74. The molecule has 2 rings (SSSR count).